The van der Waals surface area contributed by atoms with Crippen LogP contribution in [-0.2, 0) is 16.1 Å². The van der Waals surface area contributed by atoms with Gasteiger partial charge in [0.05, 0.1) is 19.7 Å². The number of hydrogen-bond acceptors (Lipinski definition) is 4. The van der Waals surface area contributed by atoms with Crippen LogP contribution in [0.4, 0.5) is 0 Å². The van der Waals surface area contributed by atoms with Gasteiger partial charge in [0, 0.05) is 19.6 Å². The molecule has 1 fully saturated rings. The Labute approximate surface area is 131 Å². The molecule has 2 amide bonds. The average molecular weight is 305 g/mol. The van der Waals surface area contributed by atoms with E-state index in [1.165, 1.54) is 0 Å². The number of likely N-dealkylation sites (N-methyl/N-ethyl adjacent to an activating group) is 1. The van der Waals surface area contributed by atoms with Crippen LogP contribution in [0.25, 0.3) is 0 Å². The van der Waals surface area contributed by atoms with E-state index in [1.807, 2.05) is 43.1 Å². The van der Waals surface area contributed by atoms with Crippen molar-refractivity contribution in [3.05, 3.63) is 29.8 Å². The molecule has 1 N–H and O–H groups in total. The van der Waals surface area contributed by atoms with Gasteiger partial charge in [-0.05, 0) is 31.7 Å². The maximum atomic E-state index is 12.2. The molecular weight excluding hydrogens is 282 g/mol. The first-order valence-corrected chi connectivity index (χ1v) is 7.53. The number of ether oxygens (including phenoxy) is 1. The molecule has 1 aromatic carbocycles. The standard InChI is InChI=1S/C16H23N3O3/c1-3-22-14-6-4-13(5-7-14)10-18(2)12-16(21)19-9-8-17-15(20)11-19/h4-7H,3,8-12H2,1-2H3,(H,17,20). The summed E-state index contributed by atoms with van der Waals surface area (Å²) in [6, 6.07) is 7.87. The summed E-state index contributed by atoms with van der Waals surface area (Å²) in [7, 11) is 1.90. The van der Waals surface area contributed by atoms with Crippen molar-refractivity contribution in [2.24, 2.45) is 0 Å². The minimum atomic E-state index is -0.0891. The van der Waals surface area contributed by atoms with Gasteiger partial charge in [0.2, 0.25) is 11.8 Å². The fourth-order valence-electron chi connectivity index (χ4n) is 2.41. The monoisotopic (exact) mass is 305 g/mol. The van der Waals surface area contributed by atoms with Crippen molar-refractivity contribution in [2.45, 2.75) is 13.5 Å². The van der Waals surface area contributed by atoms with E-state index in [0.29, 0.717) is 32.8 Å². The molecule has 0 bridgehead atoms. The van der Waals surface area contributed by atoms with Gasteiger partial charge in [0.1, 0.15) is 5.75 Å². The minimum absolute atomic E-state index is 0.0108. The van der Waals surface area contributed by atoms with Gasteiger partial charge in [-0.3, -0.25) is 14.5 Å². The molecule has 2 rings (SSSR count). The van der Waals surface area contributed by atoms with Crippen molar-refractivity contribution in [2.75, 3.05) is 39.8 Å². The van der Waals surface area contributed by atoms with Crippen LogP contribution in [0, 0.1) is 0 Å². The van der Waals surface area contributed by atoms with Gasteiger partial charge in [-0.25, -0.2) is 0 Å². The highest BCUT2D eigenvalue weighted by Gasteiger charge is 2.21. The van der Waals surface area contributed by atoms with Crippen LogP contribution in [0.2, 0.25) is 0 Å². The van der Waals surface area contributed by atoms with Crippen molar-refractivity contribution in [3.63, 3.8) is 0 Å². The predicted molar refractivity (Wildman–Crippen MR) is 83.5 cm³/mol. The topological polar surface area (TPSA) is 61.9 Å². The number of carbonyl (C=O) groups excluding carboxylic acids is 2. The van der Waals surface area contributed by atoms with Gasteiger partial charge >= 0.3 is 0 Å². The second kappa shape index (κ2) is 7.79. The Morgan fingerprint density at radius 1 is 1.36 bits per heavy atom. The van der Waals surface area contributed by atoms with E-state index in [0.717, 1.165) is 11.3 Å². The van der Waals surface area contributed by atoms with Crippen LogP contribution < -0.4 is 10.1 Å². The molecule has 0 saturated carbocycles. The van der Waals surface area contributed by atoms with Gasteiger partial charge in [-0.15, -0.1) is 0 Å². The Morgan fingerprint density at radius 2 is 2.09 bits per heavy atom. The Balaban J connectivity index is 1.82. The first-order chi connectivity index (χ1) is 10.6. The number of nitrogens with one attached hydrogen (secondary N) is 1. The highest BCUT2D eigenvalue weighted by molar-refractivity contribution is 5.86. The number of rotatable bonds is 6. The molecule has 1 saturated heterocycles. The summed E-state index contributed by atoms with van der Waals surface area (Å²) in [5.74, 6) is 0.751. The maximum Gasteiger partial charge on any atom is 0.239 e. The van der Waals surface area contributed by atoms with Crippen LogP contribution in [0.15, 0.2) is 24.3 Å². The number of benzene rings is 1. The van der Waals surface area contributed by atoms with Crippen LogP contribution in [0.1, 0.15) is 12.5 Å². The summed E-state index contributed by atoms with van der Waals surface area (Å²) in [6.45, 7) is 4.87. The maximum absolute atomic E-state index is 12.2. The molecule has 1 aromatic rings. The Bertz CT molecular complexity index is 516. The molecule has 1 aliphatic heterocycles. The number of piperazine rings is 1. The third-order valence-electron chi connectivity index (χ3n) is 3.48. The van der Waals surface area contributed by atoms with E-state index >= 15 is 0 Å². The normalized spacial score (nSPS) is 14.9. The molecule has 0 unspecified atom stereocenters. The highest BCUT2D eigenvalue weighted by atomic mass is 16.5. The van der Waals surface area contributed by atoms with Crippen LogP contribution >= 0.6 is 0 Å². The molecule has 0 spiro atoms. The molecule has 6 nitrogen and oxygen atoms in total. The summed E-state index contributed by atoms with van der Waals surface area (Å²) in [4.78, 5) is 27.0. The Kier molecular flexibility index (Phi) is 5.77. The molecule has 22 heavy (non-hydrogen) atoms. The predicted octanol–water partition coefficient (Wildman–Crippen LogP) is 0.476. The molecule has 0 aliphatic carbocycles. The smallest absolute Gasteiger partial charge is 0.239 e. The van der Waals surface area contributed by atoms with Gasteiger partial charge in [-0.1, -0.05) is 12.1 Å². The second-order valence-electron chi connectivity index (χ2n) is 5.41. The zero-order valence-electron chi connectivity index (χ0n) is 13.2. The number of nitrogens with zero attached hydrogens (tertiary/aromatic N) is 2. The summed E-state index contributed by atoms with van der Waals surface area (Å²) >= 11 is 0. The van der Waals surface area contributed by atoms with Gasteiger partial charge in [0.25, 0.3) is 0 Å². The van der Waals surface area contributed by atoms with E-state index in [9.17, 15) is 9.59 Å². The fraction of sp³-hybridized carbons (Fsp3) is 0.500. The molecule has 0 radical (unpaired) electrons. The van der Waals surface area contributed by atoms with Crippen molar-refractivity contribution < 1.29 is 14.3 Å². The zero-order valence-corrected chi connectivity index (χ0v) is 13.2. The summed E-state index contributed by atoms with van der Waals surface area (Å²) < 4.78 is 5.41. The first-order valence-electron chi connectivity index (χ1n) is 7.53. The van der Waals surface area contributed by atoms with Crippen LogP contribution in [0.3, 0.4) is 0 Å². The zero-order chi connectivity index (χ0) is 15.9. The SMILES string of the molecule is CCOc1ccc(CN(C)CC(=O)N2CCNC(=O)C2)cc1. The summed E-state index contributed by atoms with van der Waals surface area (Å²) in [6.07, 6.45) is 0. The molecule has 0 aromatic heterocycles. The fourth-order valence-corrected chi connectivity index (χ4v) is 2.41. The first kappa shape index (κ1) is 16.3. The van der Waals surface area contributed by atoms with E-state index in [2.05, 4.69) is 5.32 Å². The lowest BCUT2D eigenvalue weighted by Gasteiger charge is -2.28. The van der Waals surface area contributed by atoms with Crippen molar-refractivity contribution in [3.8, 4) is 5.75 Å². The van der Waals surface area contributed by atoms with Crippen molar-refractivity contribution in [1.29, 1.82) is 0 Å². The van der Waals surface area contributed by atoms with Gasteiger partial charge in [0.15, 0.2) is 0 Å². The molecular formula is C16H23N3O3. The van der Waals surface area contributed by atoms with Crippen molar-refractivity contribution >= 4 is 11.8 Å². The molecule has 120 valence electrons. The minimum Gasteiger partial charge on any atom is -0.494 e. The number of carbonyl (C=O) groups is 2. The lowest BCUT2D eigenvalue weighted by molar-refractivity contribution is -0.138. The third-order valence-corrected chi connectivity index (χ3v) is 3.48. The molecule has 1 aliphatic rings. The van der Waals surface area contributed by atoms with E-state index in [-0.39, 0.29) is 18.4 Å². The summed E-state index contributed by atoms with van der Waals surface area (Å²) in [5, 5.41) is 2.72. The van der Waals surface area contributed by atoms with E-state index in [4.69, 9.17) is 4.74 Å². The van der Waals surface area contributed by atoms with E-state index in [1.54, 1.807) is 4.90 Å². The van der Waals surface area contributed by atoms with Crippen LogP contribution in [0.5, 0.6) is 5.75 Å². The molecule has 6 heteroatoms. The van der Waals surface area contributed by atoms with E-state index < -0.39 is 0 Å². The Morgan fingerprint density at radius 3 is 2.73 bits per heavy atom. The second-order valence-corrected chi connectivity index (χ2v) is 5.41. The Hall–Kier alpha value is -2.08. The molecule has 1 heterocycles. The van der Waals surface area contributed by atoms with Gasteiger partial charge in [-0.2, -0.15) is 0 Å². The highest BCUT2D eigenvalue weighted by Crippen LogP contribution is 2.13. The lowest BCUT2D eigenvalue weighted by Crippen LogP contribution is -2.52. The quantitative estimate of drug-likeness (QED) is 0.830. The largest absolute Gasteiger partial charge is 0.494 e. The average Bonchev–Trinajstić information content (AvgIpc) is 2.49. The third kappa shape index (κ3) is 4.73. The van der Waals surface area contributed by atoms with Crippen molar-refractivity contribution in [1.82, 2.24) is 15.1 Å². The molecule has 0 atom stereocenters. The number of amides is 2. The van der Waals surface area contributed by atoms with Crippen LogP contribution in [-0.4, -0.2) is 61.4 Å². The lowest BCUT2D eigenvalue weighted by atomic mass is 10.2. The van der Waals surface area contributed by atoms with Gasteiger partial charge < -0.3 is 15.0 Å². The number of hydrogen-bond donors (Lipinski definition) is 1. The summed E-state index contributed by atoms with van der Waals surface area (Å²) in [5.41, 5.74) is 1.12.